The van der Waals surface area contributed by atoms with Crippen molar-refractivity contribution in [3.63, 3.8) is 0 Å². The second-order valence-corrected chi connectivity index (χ2v) is 11.1. The highest BCUT2D eigenvalue weighted by Crippen LogP contribution is 2.20. The number of nitrogens with two attached hydrogens (primary N) is 1. The number of nitrogens with zero attached hydrogens (tertiary/aromatic N) is 1. The van der Waals surface area contributed by atoms with Gasteiger partial charge in [0, 0.05) is 20.1 Å². The van der Waals surface area contributed by atoms with Crippen LogP contribution in [0.15, 0.2) is 88.7 Å². The maximum absolute atomic E-state index is 12.8. The molecule has 0 atom stereocenters. The lowest BCUT2D eigenvalue weighted by Crippen LogP contribution is -2.28. The first-order valence-corrected chi connectivity index (χ1v) is 13.2. The largest absolute Gasteiger partial charge is 0.484 e. The van der Waals surface area contributed by atoms with Crippen molar-refractivity contribution in [2.75, 3.05) is 13.7 Å². The Kier molecular flexibility index (Phi) is 8.05. The highest BCUT2D eigenvalue weighted by Gasteiger charge is 2.21. The molecule has 0 heterocycles. The molecule has 34 heavy (non-hydrogen) atoms. The molecule has 1 amide bonds. The number of hydrogen-bond donors (Lipinski definition) is 2. The number of primary sulfonamides is 1. The molecule has 180 valence electrons. The van der Waals surface area contributed by atoms with Gasteiger partial charge in [0.25, 0.3) is 5.91 Å². The Hall–Kier alpha value is -3.25. The number of hydrogen-bond acceptors (Lipinski definition) is 6. The highest BCUT2D eigenvalue weighted by atomic mass is 32.2. The summed E-state index contributed by atoms with van der Waals surface area (Å²) in [5.74, 6) is -0.0490. The molecule has 3 aromatic carbocycles. The van der Waals surface area contributed by atoms with Gasteiger partial charge in [0.05, 0.1) is 9.79 Å². The number of sulfonamides is 2. The Balaban J connectivity index is 1.50. The molecule has 9 nitrogen and oxygen atoms in total. The molecule has 0 bridgehead atoms. The molecule has 0 aliphatic rings. The summed E-state index contributed by atoms with van der Waals surface area (Å²) in [6, 6.07) is 20.9. The minimum atomic E-state index is -3.77. The number of amides is 1. The molecule has 0 saturated heterocycles. The number of benzene rings is 3. The van der Waals surface area contributed by atoms with Crippen molar-refractivity contribution in [3.05, 3.63) is 90.0 Å². The molecule has 0 aliphatic heterocycles. The van der Waals surface area contributed by atoms with E-state index in [0.29, 0.717) is 11.3 Å². The van der Waals surface area contributed by atoms with E-state index in [-0.39, 0.29) is 29.5 Å². The second kappa shape index (κ2) is 10.8. The third kappa shape index (κ3) is 6.87. The molecular weight excluding hydrogens is 478 g/mol. The molecule has 3 N–H and O–H groups in total. The third-order valence-electron chi connectivity index (χ3n) is 4.89. The SMILES string of the molecule is CN(Cc1ccccc1)S(=O)(=O)c1ccc(OCC(=O)NCc2ccc(S(N)(=O)=O)cc2)cc1. The summed E-state index contributed by atoms with van der Waals surface area (Å²) in [4.78, 5) is 12.2. The van der Waals surface area contributed by atoms with Gasteiger partial charge in [0.15, 0.2) is 6.61 Å². The molecular formula is C23H25N3O6S2. The van der Waals surface area contributed by atoms with E-state index in [1.54, 1.807) is 12.1 Å². The number of carbonyl (C=O) groups is 1. The van der Waals surface area contributed by atoms with E-state index in [4.69, 9.17) is 9.88 Å². The van der Waals surface area contributed by atoms with Crippen molar-refractivity contribution in [3.8, 4) is 5.75 Å². The Morgan fingerprint density at radius 3 is 2.03 bits per heavy atom. The number of rotatable bonds is 10. The molecule has 3 aromatic rings. The molecule has 0 spiro atoms. The Bertz CT molecular complexity index is 1330. The van der Waals surface area contributed by atoms with Gasteiger partial charge in [-0.2, -0.15) is 4.31 Å². The predicted molar refractivity (Wildman–Crippen MR) is 127 cm³/mol. The monoisotopic (exact) mass is 503 g/mol. The van der Waals surface area contributed by atoms with E-state index in [0.717, 1.165) is 5.56 Å². The zero-order valence-corrected chi connectivity index (χ0v) is 20.1. The number of carbonyl (C=O) groups excluding carboxylic acids is 1. The number of ether oxygens (including phenoxy) is 1. The van der Waals surface area contributed by atoms with Gasteiger partial charge >= 0.3 is 0 Å². The zero-order chi connectivity index (χ0) is 24.8. The molecule has 0 aromatic heterocycles. The Labute approximate surface area is 199 Å². The van der Waals surface area contributed by atoms with Crippen LogP contribution in [0.3, 0.4) is 0 Å². The summed E-state index contributed by atoms with van der Waals surface area (Å²) in [5.41, 5.74) is 1.56. The minimum absolute atomic E-state index is 0.0115. The van der Waals surface area contributed by atoms with E-state index in [9.17, 15) is 21.6 Å². The van der Waals surface area contributed by atoms with Crippen LogP contribution in [0.1, 0.15) is 11.1 Å². The smallest absolute Gasteiger partial charge is 0.258 e. The van der Waals surface area contributed by atoms with Gasteiger partial charge in [-0.1, -0.05) is 42.5 Å². The van der Waals surface area contributed by atoms with Crippen molar-refractivity contribution in [1.82, 2.24) is 9.62 Å². The summed E-state index contributed by atoms with van der Waals surface area (Å²) in [7, 11) is -5.94. The first-order chi connectivity index (χ1) is 16.1. The van der Waals surface area contributed by atoms with Crippen molar-refractivity contribution < 1.29 is 26.4 Å². The fourth-order valence-electron chi connectivity index (χ4n) is 3.01. The summed E-state index contributed by atoms with van der Waals surface area (Å²) >= 11 is 0. The summed E-state index contributed by atoms with van der Waals surface area (Å²) in [5, 5.41) is 7.71. The van der Waals surface area contributed by atoms with E-state index < -0.39 is 26.0 Å². The van der Waals surface area contributed by atoms with Crippen molar-refractivity contribution >= 4 is 26.0 Å². The maximum atomic E-state index is 12.8. The van der Waals surface area contributed by atoms with Gasteiger partial charge in [0.1, 0.15) is 5.75 Å². The maximum Gasteiger partial charge on any atom is 0.258 e. The lowest BCUT2D eigenvalue weighted by atomic mass is 10.2. The van der Waals surface area contributed by atoms with E-state index in [2.05, 4.69) is 5.32 Å². The first kappa shape index (κ1) is 25.4. The van der Waals surface area contributed by atoms with Gasteiger partial charge in [-0.05, 0) is 47.5 Å². The lowest BCUT2D eigenvalue weighted by Gasteiger charge is -2.17. The van der Waals surface area contributed by atoms with E-state index >= 15 is 0 Å². The molecule has 0 saturated carbocycles. The fourth-order valence-corrected chi connectivity index (χ4v) is 4.69. The van der Waals surface area contributed by atoms with Crippen LogP contribution in [0.4, 0.5) is 0 Å². The van der Waals surface area contributed by atoms with Crippen molar-refractivity contribution in [1.29, 1.82) is 0 Å². The van der Waals surface area contributed by atoms with Crippen LogP contribution in [0.5, 0.6) is 5.75 Å². The van der Waals surface area contributed by atoms with Gasteiger partial charge in [-0.15, -0.1) is 0 Å². The second-order valence-electron chi connectivity index (χ2n) is 7.47. The van der Waals surface area contributed by atoms with Crippen LogP contribution in [0.2, 0.25) is 0 Å². The van der Waals surface area contributed by atoms with Crippen LogP contribution in [0.25, 0.3) is 0 Å². The molecule has 0 aliphatic carbocycles. The normalized spacial score (nSPS) is 11.9. The van der Waals surface area contributed by atoms with Gasteiger partial charge in [-0.25, -0.2) is 22.0 Å². The van der Waals surface area contributed by atoms with Gasteiger partial charge in [0.2, 0.25) is 20.0 Å². The van der Waals surface area contributed by atoms with Crippen LogP contribution in [-0.4, -0.2) is 40.7 Å². The zero-order valence-electron chi connectivity index (χ0n) is 18.4. The quantitative estimate of drug-likeness (QED) is 0.433. The Morgan fingerprint density at radius 1 is 0.853 bits per heavy atom. The first-order valence-electron chi connectivity index (χ1n) is 10.2. The topological polar surface area (TPSA) is 136 Å². The molecule has 11 heteroatoms. The molecule has 3 rings (SSSR count). The summed E-state index contributed by atoms with van der Waals surface area (Å²) in [6.45, 7) is 0.152. The van der Waals surface area contributed by atoms with Crippen molar-refractivity contribution in [2.24, 2.45) is 5.14 Å². The van der Waals surface area contributed by atoms with Crippen LogP contribution in [0, 0.1) is 0 Å². The lowest BCUT2D eigenvalue weighted by molar-refractivity contribution is -0.123. The molecule has 0 unspecified atom stereocenters. The standard InChI is InChI=1S/C23H25N3O6S2/c1-26(16-19-5-3-2-4-6-19)34(30,31)22-13-9-20(10-14-22)32-17-23(27)25-15-18-7-11-21(12-8-18)33(24,28)29/h2-14H,15-17H2,1H3,(H,25,27)(H2,24,28,29). The van der Waals surface area contributed by atoms with Gasteiger partial charge in [-0.3, -0.25) is 4.79 Å². The predicted octanol–water partition coefficient (Wildman–Crippen LogP) is 1.85. The van der Waals surface area contributed by atoms with Crippen LogP contribution < -0.4 is 15.2 Å². The average Bonchev–Trinajstić information content (AvgIpc) is 2.82. The molecule has 0 radical (unpaired) electrons. The number of nitrogens with one attached hydrogen (secondary N) is 1. The van der Waals surface area contributed by atoms with E-state index in [1.165, 1.54) is 47.8 Å². The fraction of sp³-hybridized carbons (Fsp3) is 0.174. The van der Waals surface area contributed by atoms with Crippen LogP contribution in [-0.2, 0) is 37.9 Å². The average molecular weight is 504 g/mol. The molecule has 0 fully saturated rings. The minimum Gasteiger partial charge on any atom is -0.484 e. The summed E-state index contributed by atoms with van der Waals surface area (Å²) in [6.07, 6.45) is 0. The van der Waals surface area contributed by atoms with Crippen molar-refractivity contribution in [2.45, 2.75) is 22.9 Å². The highest BCUT2D eigenvalue weighted by molar-refractivity contribution is 7.89. The summed E-state index contributed by atoms with van der Waals surface area (Å²) < 4.78 is 54.8. The van der Waals surface area contributed by atoms with Gasteiger partial charge < -0.3 is 10.1 Å². The Morgan fingerprint density at radius 2 is 1.44 bits per heavy atom. The van der Waals surface area contributed by atoms with Crippen LogP contribution >= 0.6 is 0 Å². The van der Waals surface area contributed by atoms with E-state index in [1.807, 2.05) is 30.3 Å². The third-order valence-corrected chi connectivity index (χ3v) is 7.64.